The van der Waals surface area contributed by atoms with Crippen molar-refractivity contribution in [2.75, 3.05) is 13.7 Å². The van der Waals surface area contributed by atoms with Crippen LogP contribution in [0.2, 0.25) is 0 Å². The van der Waals surface area contributed by atoms with Gasteiger partial charge in [0.2, 0.25) is 5.91 Å². The van der Waals surface area contributed by atoms with Crippen molar-refractivity contribution in [1.82, 2.24) is 5.32 Å². The van der Waals surface area contributed by atoms with E-state index in [-0.39, 0.29) is 18.4 Å². The fourth-order valence-electron chi connectivity index (χ4n) is 2.47. The Balaban J connectivity index is 2.13. The van der Waals surface area contributed by atoms with Gasteiger partial charge in [0.05, 0.1) is 25.7 Å². The lowest BCUT2D eigenvalue weighted by Gasteiger charge is -2.20. The van der Waals surface area contributed by atoms with Crippen LogP contribution in [-0.4, -0.2) is 24.7 Å². The molecule has 23 heavy (non-hydrogen) atoms. The van der Waals surface area contributed by atoms with Gasteiger partial charge in [-0.25, -0.2) is 0 Å². The number of ether oxygens (including phenoxy) is 1. The summed E-state index contributed by atoms with van der Waals surface area (Å²) in [5.41, 5.74) is 2.80. The molecule has 0 saturated carbocycles. The molecule has 0 aliphatic rings. The molecule has 0 unspecified atom stereocenters. The van der Waals surface area contributed by atoms with Gasteiger partial charge in [0.15, 0.2) is 0 Å². The Kier molecular flexibility index (Phi) is 5.77. The van der Waals surface area contributed by atoms with E-state index in [1.54, 1.807) is 7.11 Å². The highest BCUT2D eigenvalue weighted by Gasteiger charge is 2.20. The van der Waals surface area contributed by atoms with Gasteiger partial charge in [-0.1, -0.05) is 42.5 Å². The molecule has 2 N–H and O–H groups in total. The molecule has 0 heterocycles. The number of carbonyl (C=O) groups is 1. The second kappa shape index (κ2) is 7.79. The summed E-state index contributed by atoms with van der Waals surface area (Å²) in [6.45, 7) is 3.67. The number of methoxy groups -OCH3 is 1. The summed E-state index contributed by atoms with van der Waals surface area (Å²) in [6.07, 6.45) is 0. The van der Waals surface area contributed by atoms with Crippen LogP contribution in [0.15, 0.2) is 48.5 Å². The molecule has 1 amide bonds. The van der Waals surface area contributed by atoms with Crippen molar-refractivity contribution < 1.29 is 14.6 Å². The van der Waals surface area contributed by atoms with Crippen molar-refractivity contribution in [2.24, 2.45) is 0 Å². The molecule has 122 valence electrons. The summed E-state index contributed by atoms with van der Waals surface area (Å²) < 4.78 is 5.32. The van der Waals surface area contributed by atoms with E-state index in [1.807, 2.05) is 62.4 Å². The van der Waals surface area contributed by atoms with Crippen LogP contribution in [0.4, 0.5) is 0 Å². The second-order valence-corrected chi connectivity index (χ2v) is 5.61. The highest BCUT2D eigenvalue weighted by molar-refractivity contribution is 5.83. The summed E-state index contributed by atoms with van der Waals surface area (Å²) in [4.78, 5) is 12.5. The number of aliphatic hydroxyl groups excluding tert-OH is 1. The van der Waals surface area contributed by atoms with Crippen molar-refractivity contribution in [3.63, 3.8) is 0 Å². The van der Waals surface area contributed by atoms with Crippen LogP contribution in [0.25, 0.3) is 0 Å². The van der Waals surface area contributed by atoms with Gasteiger partial charge < -0.3 is 15.2 Å². The summed E-state index contributed by atoms with van der Waals surface area (Å²) in [7, 11) is 1.62. The summed E-state index contributed by atoms with van der Waals surface area (Å²) >= 11 is 0. The predicted molar refractivity (Wildman–Crippen MR) is 90.6 cm³/mol. The zero-order valence-corrected chi connectivity index (χ0v) is 13.7. The molecule has 0 radical (unpaired) electrons. The normalized spacial score (nSPS) is 13.2. The van der Waals surface area contributed by atoms with Crippen LogP contribution in [0.5, 0.6) is 5.75 Å². The topological polar surface area (TPSA) is 58.6 Å². The summed E-state index contributed by atoms with van der Waals surface area (Å²) in [5, 5.41) is 12.5. The largest absolute Gasteiger partial charge is 0.496 e. The van der Waals surface area contributed by atoms with Crippen LogP contribution < -0.4 is 10.1 Å². The maximum atomic E-state index is 12.5. The summed E-state index contributed by atoms with van der Waals surface area (Å²) in [5.74, 6) is 0.310. The Labute approximate surface area is 137 Å². The third-order valence-electron chi connectivity index (χ3n) is 4.03. The van der Waals surface area contributed by atoms with E-state index in [0.29, 0.717) is 0 Å². The first kappa shape index (κ1) is 17.0. The van der Waals surface area contributed by atoms with Crippen LogP contribution in [0.3, 0.4) is 0 Å². The third-order valence-corrected chi connectivity index (χ3v) is 4.03. The predicted octanol–water partition coefficient (Wildman–Crippen LogP) is 2.96. The first-order valence-corrected chi connectivity index (χ1v) is 7.67. The lowest BCUT2D eigenvalue weighted by Crippen LogP contribution is -2.33. The molecule has 0 saturated heterocycles. The zero-order valence-electron chi connectivity index (χ0n) is 13.7. The number of hydrogen-bond donors (Lipinski definition) is 2. The number of aryl methyl sites for hydroxylation is 1. The van der Waals surface area contributed by atoms with Crippen LogP contribution in [0, 0.1) is 6.92 Å². The van der Waals surface area contributed by atoms with Crippen LogP contribution in [-0.2, 0) is 4.79 Å². The van der Waals surface area contributed by atoms with Gasteiger partial charge in [0.25, 0.3) is 0 Å². The van der Waals surface area contributed by atoms with Gasteiger partial charge in [-0.15, -0.1) is 0 Å². The van der Waals surface area contributed by atoms with Crippen molar-refractivity contribution in [1.29, 1.82) is 0 Å². The summed E-state index contributed by atoms with van der Waals surface area (Å²) in [6, 6.07) is 14.8. The van der Waals surface area contributed by atoms with Gasteiger partial charge in [0, 0.05) is 0 Å². The van der Waals surface area contributed by atoms with Crippen molar-refractivity contribution in [3.8, 4) is 5.75 Å². The van der Waals surface area contributed by atoms with E-state index in [2.05, 4.69) is 5.32 Å². The minimum Gasteiger partial charge on any atom is -0.496 e. The van der Waals surface area contributed by atoms with Gasteiger partial charge in [0.1, 0.15) is 5.75 Å². The number of amides is 1. The Bertz CT molecular complexity index is 655. The minimum atomic E-state index is -0.404. The molecule has 0 aromatic heterocycles. The fraction of sp³-hybridized carbons (Fsp3) is 0.316. The second-order valence-electron chi connectivity index (χ2n) is 5.61. The zero-order chi connectivity index (χ0) is 16.8. The number of nitrogens with one attached hydrogen (secondary N) is 1. The Morgan fingerprint density at radius 3 is 2.48 bits per heavy atom. The molecule has 0 aliphatic carbocycles. The van der Waals surface area contributed by atoms with Gasteiger partial charge >= 0.3 is 0 Å². The molecule has 4 heteroatoms. The van der Waals surface area contributed by atoms with Crippen molar-refractivity contribution in [3.05, 3.63) is 65.2 Å². The van der Waals surface area contributed by atoms with Gasteiger partial charge in [-0.2, -0.15) is 0 Å². The fourth-order valence-corrected chi connectivity index (χ4v) is 2.47. The number of carbonyl (C=O) groups excluding carboxylic acids is 1. The van der Waals surface area contributed by atoms with Gasteiger partial charge in [-0.05, 0) is 36.6 Å². The molecule has 2 atom stereocenters. The maximum Gasteiger partial charge on any atom is 0.227 e. The number of rotatable bonds is 6. The molecule has 0 bridgehead atoms. The minimum absolute atomic E-state index is 0.126. The first-order chi connectivity index (χ1) is 11.1. The van der Waals surface area contributed by atoms with E-state index in [1.165, 1.54) is 0 Å². The van der Waals surface area contributed by atoms with E-state index in [4.69, 9.17) is 4.74 Å². The molecular weight excluding hydrogens is 290 g/mol. The van der Waals surface area contributed by atoms with Crippen LogP contribution in [0.1, 0.15) is 35.6 Å². The van der Waals surface area contributed by atoms with E-state index in [0.717, 1.165) is 22.4 Å². The quantitative estimate of drug-likeness (QED) is 0.862. The molecule has 2 rings (SSSR count). The SMILES string of the molecule is COc1cc([C@@H](C)C(=O)N[C@@H](CO)c2ccccc2)ccc1C. The average Bonchev–Trinajstić information content (AvgIpc) is 2.60. The van der Waals surface area contributed by atoms with E-state index >= 15 is 0 Å². The van der Waals surface area contributed by atoms with Crippen molar-refractivity contribution >= 4 is 5.91 Å². The molecular formula is C19H23NO3. The van der Waals surface area contributed by atoms with Crippen LogP contribution >= 0.6 is 0 Å². The highest BCUT2D eigenvalue weighted by Crippen LogP contribution is 2.25. The van der Waals surface area contributed by atoms with Crippen molar-refractivity contribution in [2.45, 2.75) is 25.8 Å². The maximum absolute atomic E-state index is 12.5. The number of hydrogen-bond acceptors (Lipinski definition) is 3. The first-order valence-electron chi connectivity index (χ1n) is 7.67. The number of aliphatic hydroxyl groups is 1. The van der Waals surface area contributed by atoms with E-state index < -0.39 is 6.04 Å². The molecule has 4 nitrogen and oxygen atoms in total. The third kappa shape index (κ3) is 4.11. The average molecular weight is 313 g/mol. The lowest BCUT2D eigenvalue weighted by molar-refractivity contribution is -0.123. The van der Waals surface area contributed by atoms with Gasteiger partial charge in [-0.3, -0.25) is 4.79 Å². The standard InChI is InChI=1S/C19H23NO3/c1-13-9-10-16(11-18(13)23-3)14(2)19(22)20-17(12-21)15-7-5-4-6-8-15/h4-11,14,17,21H,12H2,1-3H3,(H,20,22)/t14-,17+/m1/s1. The Hall–Kier alpha value is -2.33. The molecule has 0 fully saturated rings. The smallest absolute Gasteiger partial charge is 0.227 e. The number of benzene rings is 2. The Morgan fingerprint density at radius 1 is 1.17 bits per heavy atom. The molecule has 2 aromatic rings. The van der Waals surface area contributed by atoms with E-state index in [9.17, 15) is 9.90 Å². The molecule has 2 aromatic carbocycles. The lowest BCUT2D eigenvalue weighted by atomic mass is 9.97. The highest BCUT2D eigenvalue weighted by atomic mass is 16.5. The monoisotopic (exact) mass is 313 g/mol. The Morgan fingerprint density at radius 2 is 1.87 bits per heavy atom. The molecule has 0 aliphatic heterocycles. The molecule has 0 spiro atoms.